The lowest BCUT2D eigenvalue weighted by molar-refractivity contribution is -0.120. The van der Waals surface area contributed by atoms with Crippen LogP contribution < -0.4 is 5.32 Å². The fourth-order valence-corrected chi connectivity index (χ4v) is 1.66. The molecule has 1 N–H and O–H groups in total. The molecule has 1 aliphatic rings. The van der Waals surface area contributed by atoms with Crippen molar-refractivity contribution in [1.29, 1.82) is 0 Å². The van der Waals surface area contributed by atoms with Gasteiger partial charge in [0, 0.05) is 6.54 Å². The number of amides is 1. The van der Waals surface area contributed by atoms with Gasteiger partial charge in [-0.1, -0.05) is 36.9 Å². The molecule has 16 heavy (non-hydrogen) atoms. The fourth-order valence-electron chi connectivity index (χ4n) is 1.66. The first-order valence-electron chi connectivity index (χ1n) is 5.76. The summed E-state index contributed by atoms with van der Waals surface area (Å²) in [5.74, 6) is 0.858. The highest BCUT2D eigenvalue weighted by atomic mass is 16.1. The van der Waals surface area contributed by atoms with Crippen molar-refractivity contribution in [2.24, 2.45) is 5.92 Å². The van der Waals surface area contributed by atoms with Crippen LogP contribution in [0.4, 0.5) is 0 Å². The molecule has 0 unspecified atom stereocenters. The van der Waals surface area contributed by atoms with Crippen LogP contribution in [0.15, 0.2) is 30.8 Å². The number of hydrogen-bond donors (Lipinski definition) is 1. The Hall–Kier alpha value is -1.57. The molecular weight excluding hydrogens is 198 g/mol. The highest BCUT2D eigenvalue weighted by Crippen LogP contribution is 2.27. The van der Waals surface area contributed by atoms with E-state index in [1.54, 1.807) is 6.08 Å². The van der Waals surface area contributed by atoms with Gasteiger partial charge in [0.1, 0.15) is 0 Å². The van der Waals surface area contributed by atoms with Crippen molar-refractivity contribution in [3.63, 3.8) is 0 Å². The molecule has 0 spiro atoms. The molecule has 0 aromatic heterocycles. The van der Waals surface area contributed by atoms with E-state index in [-0.39, 0.29) is 5.91 Å². The first-order chi connectivity index (χ1) is 7.78. The van der Waals surface area contributed by atoms with Gasteiger partial charge in [0.05, 0.1) is 6.42 Å². The zero-order valence-corrected chi connectivity index (χ0v) is 9.41. The smallest absolute Gasteiger partial charge is 0.224 e. The Bertz CT molecular complexity index is 393. The Morgan fingerprint density at radius 3 is 3.00 bits per heavy atom. The number of carbonyl (C=O) groups excluding carboxylic acids is 1. The molecule has 1 fully saturated rings. The van der Waals surface area contributed by atoms with Gasteiger partial charge in [0.25, 0.3) is 0 Å². The lowest BCUT2D eigenvalue weighted by Gasteiger charge is -2.04. The normalized spacial score (nSPS) is 14.5. The van der Waals surface area contributed by atoms with Gasteiger partial charge in [-0.15, -0.1) is 0 Å². The van der Waals surface area contributed by atoms with Gasteiger partial charge in [-0.25, -0.2) is 0 Å². The molecule has 2 rings (SSSR count). The van der Waals surface area contributed by atoms with Crippen LogP contribution in [-0.2, 0) is 11.2 Å². The molecule has 2 nitrogen and oxygen atoms in total. The van der Waals surface area contributed by atoms with Crippen molar-refractivity contribution in [2.75, 3.05) is 6.54 Å². The minimum absolute atomic E-state index is 0.119. The zero-order chi connectivity index (χ0) is 11.4. The Morgan fingerprint density at radius 1 is 1.50 bits per heavy atom. The van der Waals surface area contributed by atoms with Crippen molar-refractivity contribution in [1.82, 2.24) is 5.32 Å². The van der Waals surface area contributed by atoms with Gasteiger partial charge in [-0.3, -0.25) is 4.79 Å². The summed E-state index contributed by atoms with van der Waals surface area (Å²) in [5, 5.41) is 2.97. The predicted molar refractivity (Wildman–Crippen MR) is 66.0 cm³/mol. The van der Waals surface area contributed by atoms with Crippen molar-refractivity contribution in [2.45, 2.75) is 19.3 Å². The van der Waals surface area contributed by atoms with E-state index in [2.05, 4.69) is 11.9 Å². The Kier molecular flexibility index (Phi) is 3.40. The van der Waals surface area contributed by atoms with Crippen LogP contribution in [0.2, 0.25) is 0 Å². The van der Waals surface area contributed by atoms with Crippen LogP contribution in [0.5, 0.6) is 0 Å². The van der Waals surface area contributed by atoms with E-state index in [0.29, 0.717) is 6.42 Å². The summed E-state index contributed by atoms with van der Waals surface area (Å²) in [6, 6.07) is 7.92. The highest BCUT2D eigenvalue weighted by molar-refractivity contribution is 5.78. The first kappa shape index (κ1) is 10.9. The van der Waals surface area contributed by atoms with Crippen LogP contribution in [0.3, 0.4) is 0 Å². The molecule has 84 valence electrons. The van der Waals surface area contributed by atoms with E-state index in [4.69, 9.17) is 0 Å². The van der Waals surface area contributed by atoms with E-state index in [1.165, 1.54) is 12.8 Å². The van der Waals surface area contributed by atoms with Gasteiger partial charge >= 0.3 is 0 Å². The number of rotatable bonds is 5. The van der Waals surface area contributed by atoms with Crippen LogP contribution in [0, 0.1) is 5.92 Å². The fraction of sp³-hybridized carbons (Fsp3) is 0.357. The largest absolute Gasteiger partial charge is 0.356 e. The molecule has 1 aromatic rings. The number of nitrogens with one attached hydrogen (secondary N) is 1. The monoisotopic (exact) mass is 215 g/mol. The van der Waals surface area contributed by atoms with Gasteiger partial charge in [-0.05, 0) is 29.9 Å². The predicted octanol–water partition coefficient (Wildman–Crippen LogP) is 2.40. The van der Waals surface area contributed by atoms with Gasteiger partial charge in [0.15, 0.2) is 0 Å². The second kappa shape index (κ2) is 4.97. The Balaban J connectivity index is 1.86. The Labute approximate surface area is 96.4 Å². The SMILES string of the molecule is C=Cc1cccc(CC(=O)NCC2CC2)c1. The molecule has 0 atom stereocenters. The number of carbonyl (C=O) groups is 1. The second-order valence-electron chi connectivity index (χ2n) is 4.37. The van der Waals surface area contributed by atoms with E-state index < -0.39 is 0 Å². The summed E-state index contributed by atoms with van der Waals surface area (Å²) in [6.07, 6.45) is 4.80. The Morgan fingerprint density at radius 2 is 2.31 bits per heavy atom. The van der Waals surface area contributed by atoms with Gasteiger partial charge in [-0.2, -0.15) is 0 Å². The van der Waals surface area contributed by atoms with Crippen molar-refractivity contribution in [3.8, 4) is 0 Å². The maximum absolute atomic E-state index is 11.6. The van der Waals surface area contributed by atoms with E-state index >= 15 is 0 Å². The third-order valence-electron chi connectivity index (χ3n) is 2.84. The van der Waals surface area contributed by atoms with Crippen LogP contribution >= 0.6 is 0 Å². The molecule has 0 aliphatic heterocycles. The van der Waals surface area contributed by atoms with Crippen LogP contribution in [-0.4, -0.2) is 12.5 Å². The van der Waals surface area contributed by atoms with Crippen molar-refractivity contribution >= 4 is 12.0 Å². The average molecular weight is 215 g/mol. The molecule has 1 saturated carbocycles. The zero-order valence-electron chi connectivity index (χ0n) is 9.41. The minimum Gasteiger partial charge on any atom is -0.356 e. The average Bonchev–Trinajstić information content (AvgIpc) is 3.10. The van der Waals surface area contributed by atoms with Crippen LogP contribution in [0.25, 0.3) is 6.08 Å². The van der Waals surface area contributed by atoms with Gasteiger partial charge < -0.3 is 5.32 Å². The molecule has 0 saturated heterocycles. The summed E-state index contributed by atoms with van der Waals surface area (Å²) in [7, 11) is 0. The topological polar surface area (TPSA) is 29.1 Å². The first-order valence-corrected chi connectivity index (χ1v) is 5.76. The summed E-state index contributed by atoms with van der Waals surface area (Å²) in [6.45, 7) is 4.57. The highest BCUT2D eigenvalue weighted by Gasteiger charge is 2.21. The summed E-state index contributed by atoms with van der Waals surface area (Å²) in [5.41, 5.74) is 2.11. The maximum Gasteiger partial charge on any atom is 0.224 e. The summed E-state index contributed by atoms with van der Waals surface area (Å²) in [4.78, 5) is 11.6. The molecule has 0 radical (unpaired) electrons. The molecule has 0 heterocycles. The van der Waals surface area contributed by atoms with E-state index in [9.17, 15) is 4.79 Å². The molecule has 1 aliphatic carbocycles. The lowest BCUT2D eigenvalue weighted by Crippen LogP contribution is -2.27. The molecule has 2 heteroatoms. The molecule has 1 amide bonds. The molecule has 0 bridgehead atoms. The summed E-state index contributed by atoms with van der Waals surface area (Å²) < 4.78 is 0. The van der Waals surface area contributed by atoms with Crippen molar-refractivity contribution < 1.29 is 4.79 Å². The molecular formula is C14H17NO. The maximum atomic E-state index is 11.6. The van der Waals surface area contributed by atoms with Crippen molar-refractivity contribution in [3.05, 3.63) is 42.0 Å². The summed E-state index contributed by atoms with van der Waals surface area (Å²) >= 11 is 0. The second-order valence-corrected chi connectivity index (χ2v) is 4.37. The standard InChI is InChI=1S/C14H17NO/c1-2-11-4-3-5-13(8-11)9-14(16)15-10-12-6-7-12/h2-5,8,12H,1,6-7,9-10H2,(H,15,16). The number of hydrogen-bond acceptors (Lipinski definition) is 1. The minimum atomic E-state index is 0.119. The van der Waals surface area contributed by atoms with E-state index in [0.717, 1.165) is 23.6 Å². The van der Waals surface area contributed by atoms with Crippen LogP contribution in [0.1, 0.15) is 24.0 Å². The van der Waals surface area contributed by atoms with E-state index in [1.807, 2.05) is 24.3 Å². The number of benzene rings is 1. The third-order valence-corrected chi connectivity index (χ3v) is 2.84. The quantitative estimate of drug-likeness (QED) is 0.803. The third kappa shape index (κ3) is 3.23. The van der Waals surface area contributed by atoms with Gasteiger partial charge in [0.2, 0.25) is 5.91 Å². The lowest BCUT2D eigenvalue weighted by atomic mass is 10.1. The molecule has 1 aromatic carbocycles.